The Kier molecular flexibility index (Phi) is 13.2. The highest BCUT2D eigenvalue weighted by molar-refractivity contribution is 8.76. The zero-order valence-electron chi connectivity index (χ0n) is 23.7. The van der Waals surface area contributed by atoms with Crippen molar-refractivity contribution >= 4 is 44.3 Å². The first-order valence-corrected chi connectivity index (χ1v) is 15.5. The van der Waals surface area contributed by atoms with Gasteiger partial charge in [0.05, 0.1) is 18.9 Å². The van der Waals surface area contributed by atoms with E-state index in [0.29, 0.717) is 29.4 Å². The van der Waals surface area contributed by atoms with Crippen LogP contribution in [0, 0.1) is 5.41 Å². The minimum Gasteiger partial charge on any atom is -0.491 e. The summed E-state index contributed by atoms with van der Waals surface area (Å²) in [5, 5.41) is 22.2. The molecule has 0 spiro atoms. The van der Waals surface area contributed by atoms with Gasteiger partial charge in [0.15, 0.2) is 0 Å². The largest absolute Gasteiger partial charge is 0.491 e. The van der Waals surface area contributed by atoms with E-state index in [4.69, 9.17) is 18.9 Å². The lowest BCUT2D eigenvalue weighted by atomic mass is 9.90. The first kappa shape index (κ1) is 33.1. The molecule has 0 bridgehead atoms. The van der Waals surface area contributed by atoms with Gasteiger partial charge in [0.25, 0.3) is 0 Å². The monoisotopic (exact) mass is 582 g/mol. The predicted molar refractivity (Wildman–Crippen MR) is 157 cm³/mol. The summed E-state index contributed by atoms with van der Waals surface area (Å²) in [5.74, 6) is 1.76. The van der Waals surface area contributed by atoms with E-state index in [1.165, 1.54) is 21.6 Å². The number of hydrogen-bond donors (Lipinski definition) is 2. The quantitative estimate of drug-likeness (QED) is 0.161. The maximum absolute atomic E-state index is 11.9. The highest BCUT2D eigenvalue weighted by atomic mass is 33.1. The van der Waals surface area contributed by atoms with Crippen molar-refractivity contribution in [3.05, 3.63) is 36.4 Å². The molecule has 0 aliphatic heterocycles. The van der Waals surface area contributed by atoms with Gasteiger partial charge >= 0.3 is 11.9 Å². The summed E-state index contributed by atoms with van der Waals surface area (Å²) in [6.45, 7) is 11.4. The van der Waals surface area contributed by atoms with Gasteiger partial charge in [0.1, 0.15) is 43.0 Å². The van der Waals surface area contributed by atoms with Crippen molar-refractivity contribution in [2.24, 2.45) is 5.41 Å². The molecule has 0 aliphatic rings. The average Bonchev–Trinajstić information content (AvgIpc) is 2.84. The SMILES string of the molecule is CC(C)(C)OC(=O)CCSSCCC(=O)OCC(O)COc1ccc2c(OCC(O)C(C)(C)C)cccc2c1. The fraction of sp³-hybridized carbons (Fsp3) is 0.586. The van der Waals surface area contributed by atoms with Crippen molar-refractivity contribution in [1.82, 2.24) is 0 Å². The molecular weight excluding hydrogens is 540 g/mol. The second kappa shape index (κ2) is 15.6. The van der Waals surface area contributed by atoms with Gasteiger partial charge in [-0.3, -0.25) is 9.59 Å². The van der Waals surface area contributed by atoms with Crippen molar-refractivity contribution in [2.75, 3.05) is 31.3 Å². The standard InChI is InChI=1S/C29H42O8S2/c1-28(2,3)25(31)19-35-24-9-7-8-20-16-22(10-11-23(20)24)34-17-21(30)18-36-26(32)12-14-38-39-15-13-27(33)37-29(4,5)6/h7-11,16,21,25,30-31H,12-15,17-19H2,1-6H3. The number of fused-ring (bicyclic) bond motifs is 1. The molecule has 39 heavy (non-hydrogen) atoms. The molecule has 0 aliphatic carbocycles. The summed E-state index contributed by atoms with van der Waals surface area (Å²) in [5.41, 5.74) is -0.760. The lowest BCUT2D eigenvalue weighted by Gasteiger charge is -2.26. The molecule has 2 N–H and O–H groups in total. The summed E-state index contributed by atoms with van der Waals surface area (Å²) >= 11 is 0. The van der Waals surface area contributed by atoms with Gasteiger partial charge in [0.2, 0.25) is 0 Å². The molecular formula is C29H42O8S2. The maximum atomic E-state index is 11.9. The summed E-state index contributed by atoms with van der Waals surface area (Å²) in [6, 6.07) is 11.2. The number of aliphatic hydroxyl groups excluding tert-OH is 2. The van der Waals surface area contributed by atoms with Crippen molar-refractivity contribution in [3.63, 3.8) is 0 Å². The molecule has 0 aromatic heterocycles. The Labute approximate surface area is 239 Å². The highest BCUT2D eigenvalue weighted by Crippen LogP contribution is 2.30. The molecule has 8 nitrogen and oxygen atoms in total. The second-order valence-electron chi connectivity index (χ2n) is 11.2. The lowest BCUT2D eigenvalue weighted by Crippen LogP contribution is -2.31. The molecule has 218 valence electrons. The maximum Gasteiger partial charge on any atom is 0.307 e. The van der Waals surface area contributed by atoms with Crippen LogP contribution in [0.4, 0.5) is 0 Å². The third-order valence-electron chi connectivity index (χ3n) is 5.37. The van der Waals surface area contributed by atoms with Crippen molar-refractivity contribution in [2.45, 2.75) is 72.2 Å². The van der Waals surface area contributed by atoms with Crippen LogP contribution in [0.2, 0.25) is 0 Å². The summed E-state index contributed by atoms with van der Waals surface area (Å²) < 4.78 is 22.0. The number of esters is 2. The van der Waals surface area contributed by atoms with Crippen LogP contribution in [0.15, 0.2) is 36.4 Å². The summed E-state index contributed by atoms with van der Waals surface area (Å²) in [6.07, 6.45) is -1.03. The van der Waals surface area contributed by atoms with Crippen LogP contribution in [0.25, 0.3) is 10.8 Å². The predicted octanol–water partition coefficient (Wildman–Crippen LogP) is 5.41. The van der Waals surface area contributed by atoms with E-state index >= 15 is 0 Å². The number of carbonyl (C=O) groups excluding carboxylic acids is 2. The fourth-order valence-electron chi connectivity index (χ4n) is 3.13. The van der Waals surface area contributed by atoms with Crippen LogP contribution in [-0.2, 0) is 19.1 Å². The molecule has 0 saturated heterocycles. The van der Waals surface area contributed by atoms with Crippen molar-refractivity contribution in [1.29, 1.82) is 0 Å². The molecule has 2 atom stereocenters. The van der Waals surface area contributed by atoms with Gasteiger partial charge in [-0.25, -0.2) is 0 Å². The summed E-state index contributed by atoms with van der Waals surface area (Å²) in [4.78, 5) is 23.6. The Morgan fingerprint density at radius 2 is 1.51 bits per heavy atom. The molecule has 2 unspecified atom stereocenters. The lowest BCUT2D eigenvalue weighted by molar-refractivity contribution is -0.154. The molecule has 0 heterocycles. The number of rotatable bonds is 15. The third kappa shape index (κ3) is 13.2. The fourth-order valence-corrected chi connectivity index (χ4v) is 5.07. The Bertz CT molecular complexity index is 1060. The second-order valence-corrected chi connectivity index (χ2v) is 13.9. The molecule has 2 aromatic rings. The Hall–Kier alpha value is -2.14. The zero-order valence-corrected chi connectivity index (χ0v) is 25.4. The van der Waals surface area contributed by atoms with E-state index in [9.17, 15) is 19.8 Å². The van der Waals surface area contributed by atoms with Gasteiger partial charge in [-0.2, -0.15) is 0 Å². The third-order valence-corrected chi connectivity index (χ3v) is 7.78. The van der Waals surface area contributed by atoms with E-state index in [-0.39, 0.29) is 37.6 Å². The van der Waals surface area contributed by atoms with E-state index in [0.717, 1.165) is 10.8 Å². The van der Waals surface area contributed by atoms with Crippen LogP contribution in [0.1, 0.15) is 54.4 Å². The number of ether oxygens (including phenoxy) is 4. The topological polar surface area (TPSA) is 112 Å². The van der Waals surface area contributed by atoms with Crippen LogP contribution in [0.5, 0.6) is 11.5 Å². The minimum atomic E-state index is -0.964. The van der Waals surface area contributed by atoms with Gasteiger partial charge in [-0.15, -0.1) is 0 Å². The summed E-state index contributed by atoms with van der Waals surface area (Å²) in [7, 11) is 3.00. The Morgan fingerprint density at radius 1 is 0.846 bits per heavy atom. The van der Waals surface area contributed by atoms with Crippen molar-refractivity contribution < 1.29 is 38.7 Å². The first-order valence-electron chi connectivity index (χ1n) is 13.0. The molecule has 0 radical (unpaired) electrons. The van der Waals surface area contributed by atoms with Gasteiger partial charge in [-0.05, 0) is 55.8 Å². The molecule has 0 fully saturated rings. The van der Waals surface area contributed by atoms with Crippen LogP contribution >= 0.6 is 21.6 Å². The van der Waals surface area contributed by atoms with Crippen LogP contribution in [-0.4, -0.2) is 71.3 Å². The van der Waals surface area contributed by atoms with Gasteiger partial charge in [0, 0.05) is 16.9 Å². The first-order chi connectivity index (χ1) is 18.2. The van der Waals surface area contributed by atoms with Crippen LogP contribution in [0.3, 0.4) is 0 Å². The van der Waals surface area contributed by atoms with E-state index in [2.05, 4.69) is 0 Å². The van der Waals surface area contributed by atoms with E-state index < -0.39 is 23.8 Å². The molecule has 0 amide bonds. The highest BCUT2D eigenvalue weighted by Gasteiger charge is 2.23. The number of hydrogen-bond acceptors (Lipinski definition) is 10. The Balaban J connectivity index is 1.67. The van der Waals surface area contributed by atoms with E-state index in [1.54, 1.807) is 6.07 Å². The average molecular weight is 583 g/mol. The number of aliphatic hydroxyl groups is 2. The van der Waals surface area contributed by atoms with Gasteiger partial charge < -0.3 is 29.2 Å². The van der Waals surface area contributed by atoms with E-state index in [1.807, 2.05) is 71.9 Å². The minimum absolute atomic E-state index is 0.0258. The smallest absolute Gasteiger partial charge is 0.307 e. The number of carbonyl (C=O) groups is 2. The number of benzene rings is 2. The van der Waals surface area contributed by atoms with Crippen LogP contribution < -0.4 is 9.47 Å². The normalized spacial score (nSPS) is 13.5. The van der Waals surface area contributed by atoms with Crippen molar-refractivity contribution in [3.8, 4) is 11.5 Å². The Morgan fingerprint density at radius 3 is 2.15 bits per heavy atom. The molecule has 2 aromatic carbocycles. The molecule has 2 rings (SSSR count). The zero-order chi connectivity index (χ0) is 29.1. The van der Waals surface area contributed by atoms with Gasteiger partial charge in [-0.1, -0.05) is 54.5 Å². The molecule has 0 saturated carbocycles. The molecule has 10 heteroatoms.